The summed E-state index contributed by atoms with van der Waals surface area (Å²) in [5, 5.41) is 0.740. The van der Waals surface area contributed by atoms with Gasteiger partial charge in [-0.15, -0.1) is 11.3 Å². The summed E-state index contributed by atoms with van der Waals surface area (Å²) in [6.07, 6.45) is 2.45. The smallest absolute Gasteiger partial charge is 0.234 e. The number of fused-ring (bicyclic) bond motifs is 1. The van der Waals surface area contributed by atoms with E-state index in [-0.39, 0.29) is 12.0 Å². The summed E-state index contributed by atoms with van der Waals surface area (Å²) in [5.74, 6) is 0.0353. The van der Waals surface area contributed by atoms with Crippen LogP contribution in [0.25, 0.3) is 10.2 Å². The van der Waals surface area contributed by atoms with Gasteiger partial charge in [0.1, 0.15) is 0 Å². The fourth-order valence-corrected chi connectivity index (χ4v) is 5.02. The fourth-order valence-electron chi connectivity index (χ4n) is 2.95. The molecule has 0 saturated carbocycles. The molecule has 1 fully saturated rings. The van der Waals surface area contributed by atoms with Crippen LogP contribution >= 0.6 is 34.3 Å². The lowest BCUT2D eigenvalue weighted by atomic mass is 10.2. The number of halogens is 1. The number of hydrogen-bond acceptors (Lipinski definition) is 5. The van der Waals surface area contributed by atoms with Crippen molar-refractivity contribution in [3.05, 3.63) is 45.6 Å². The summed E-state index contributed by atoms with van der Waals surface area (Å²) >= 11 is 8.99. The average molecular weight is 393 g/mol. The highest BCUT2D eigenvalue weighted by Gasteiger charge is 2.26. The van der Waals surface area contributed by atoms with Gasteiger partial charge in [0, 0.05) is 11.5 Å². The standard InChI is InChI=1S/C18H17ClN2O2S2/c19-16-8-7-13(24-16)10-17(22)21(11-12-4-3-9-23-12)18-20-14-5-1-2-6-15(14)25-18/h1-2,5-8,12H,3-4,9-11H2. The number of carbonyl (C=O) groups is 1. The first-order chi connectivity index (χ1) is 12.2. The first kappa shape index (κ1) is 17.0. The topological polar surface area (TPSA) is 42.4 Å². The molecule has 3 aromatic rings. The zero-order chi connectivity index (χ0) is 17.2. The second kappa shape index (κ2) is 7.41. The second-order valence-corrected chi connectivity index (χ2v) is 8.79. The van der Waals surface area contributed by atoms with Gasteiger partial charge in [-0.1, -0.05) is 35.1 Å². The van der Waals surface area contributed by atoms with Crippen molar-refractivity contribution >= 4 is 55.5 Å². The Morgan fingerprint density at radius 3 is 2.88 bits per heavy atom. The molecular weight excluding hydrogens is 376 g/mol. The van der Waals surface area contributed by atoms with Gasteiger partial charge < -0.3 is 4.74 Å². The van der Waals surface area contributed by atoms with E-state index < -0.39 is 0 Å². The van der Waals surface area contributed by atoms with Crippen LogP contribution in [0.4, 0.5) is 5.13 Å². The molecule has 0 aliphatic carbocycles. The van der Waals surface area contributed by atoms with Gasteiger partial charge in [-0.25, -0.2) is 4.98 Å². The number of ether oxygens (including phenoxy) is 1. The maximum Gasteiger partial charge on any atom is 0.234 e. The first-order valence-electron chi connectivity index (χ1n) is 8.21. The Morgan fingerprint density at radius 2 is 2.16 bits per heavy atom. The Labute approximate surface area is 159 Å². The number of para-hydroxylation sites is 1. The molecule has 4 rings (SSSR count). The van der Waals surface area contributed by atoms with Gasteiger partial charge in [0.2, 0.25) is 5.91 Å². The van der Waals surface area contributed by atoms with Gasteiger partial charge in [-0.2, -0.15) is 0 Å². The molecule has 1 aliphatic heterocycles. The molecule has 0 radical (unpaired) electrons. The molecule has 1 saturated heterocycles. The third-order valence-corrected chi connectivity index (χ3v) is 6.47. The number of thiophene rings is 1. The molecule has 3 heterocycles. The normalized spacial score (nSPS) is 17.2. The van der Waals surface area contributed by atoms with Crippen molar-refractivity contribution in [2.75, 3.05) is 18.1 Å². The van der Waals surface area contributed by atoms with Crippen LogP contribution in [-0.2, 0) is 16.0 Å². The molecule has 0 spiro atoms. The van der Waals surface area contributed by atoms with Gasteiger partial charge in [-0.3, -0.25) is 9.69 Å². The van der Waals surface area contributed by atoms with E-state index in [9.17, 15) is 4.79 Å². The Bertz CT molecular complexity index is 853. The van der Waals surface area contributed by atoms with Crippen molar-refractivity contribution in [1.82, 2.24) is 4.98 Å². The summed E-state index contributed by atoms with van der Waals surface area (Å²) < 4.78 is 7.54. The summed E-state index contributed by atoms with van der Waals surface area (Å²) in [4.78, 5) is 20.4. The SMILES string of the molecule is O=C(Cc1ccc(Cl)s1)N(CC1CCCO1)c1nc2ccccc2s1. The summed E-state index contributed by atoms with van der Waals surface area (Å²) in [5.41, 5.74) is 0.923. The Hall–Kier alpha value is -1.47. The number of carbonyl (C=O) groups excluding carboxylic acids is 1. The molecule has 2 aromatic heterocycles. The van der Waals surface area contributed by atoms with Crippen molar-refractivity contribution in [3.63, 3.8) is 0 Å². The van der Waals surface area contributed by atoms with Crippen LogP contribution in [0.15, 0.2) is 36.4 Å². The second-order valence-electron chi connectivity index (χ2n) is 5.99. The third-order valence-electron chi connectivity index (χ3n) is 4.18. The van der Waals surface area contributed by atoms with Crippen LogP contribution in [0.1, 0.15) is 17.7 Å². The minimum atomic E-state index is 0.0353. The van der Waals surface area contributed by atoms with Gasteiger partial charge in [-0.05, 0) is 37.1 Å². The van der Waals surface area contributed by atoms with Crippen LogP contribution in [0, 0.1) is 0 Å². The Kier molecular flexibility index (Phi) is 5.03. The monoisotopic (exact) mass is 392 g/mol. The maximum absolute atomic E-state index is 13.0. The van der Waals surface area contributed by atoms with Crippen molar-refractivity contribution in [1.29, 1.82) is 0 Å². The number of thiazole rings is 1. The molecule has 1 amide bonds. The summed E-state index contributed by atoms with van der Waals surface area (Å²) in [6.45, 7) is 1.32. The van der Waals surface area contributed by atoms with E-state index in [1.807, 2.05) is 36.4 Å². The molecule has 1 aromatic carbocycles. The lowest BCUT2D eigenvalue weighted by Crippen LogP contribution is -2.38. The van der Waals surface area contributed by atoms with Crippen LogP contribution in [0.3, 0.4) is 0 Å². The molecule has 4 nitrogen and oxygen atoms in total. The van der Waals surface area contributed by atoms with E-state index in [2.05, 4.69) is 4.98 Å². The van der Waals surface area contributed by atoms with E-state index in [4.69, 9.17) is 16.3 Å². The van der Waals surface area contributed by atoms with Gasteiger partial charge in [0.25, 0.3) is 0 Å². The van der Waals surface area contributed by atoms with Gasteiger partial charge in [0.05, 0.1) is 33.6 Å². The third kappa shape index (κ3) is 3.87. The highest BCUT2D eigenvalue weighted by atomic mass is 35.5. The predicted octanol–water partition coefficient (Wildman–Crippen LogP) is 4.77. The van der Waals surface area contributed by atoms with Crippen molar-refractivity contribution in [3.8, 4) is 0 Å². The molecule has 0 bridgehead atoms. The molecule has 1 unspecified atom stereocenters. The highest BCUT2D eigenvalue weighted by Crippen LogP contribution is 2.31. The van der Waals surface area contributed by atoms with Crippen molar-refractivity contribution in [2.45, 2.75) is 25.4 Å². The zero-order valence-corrected chi connectivity index (χ0v) is 15.9. The quantitative estimate of drug-likeness (QED) is 0.628. The van der Waals surface area contributed by atoms with Crippen molar-refractivity contribution < 1.29 is 9.53 Å². The van der Waals surface area contributed by atoms with Gasteiger partial charge >= 0.3 is 0 Å². The molecule has 25 heavy (non-hydrogen) atoms. The largest absolute Gasteiger partial charge is 0.376 e. The summed E-state index contributed by atoms with van der Waals surface area (Å²) in [7, 11) is 0. The number of hydrogen-bond donors (Lipinski definition) is 0. The van der Waals surface area contributed by atoms with E-state index in [1.54, 1.807) is 16.2 Å². The minimum absolute atomic E-state index is 0.0353. The number of benzene rings is 1. The average Bonchev–Trinajstić information content (AvgIpc) is 3.32. The van der Waals surface area contributed by atoms with Crippen LogP contribution < -0.4 is 4.90 Å². The lowest BCUT2D eigenvalue weighted by Gasteiger charge is -2.22. The fraction of sp³-hybridized carbons (Fsp3) is 0.333. The molecule has 130 valence electrons. The Balaban J connectivity index is 1.61. The van der Waals surface area contributed by atoms with Crippen LogP contribution in [0.2, 0.25) is 4.34 Å². The van der Waals surface area contributed by atoms with E-state index in [0.29, 0.717) is 17.3 Å². The molecule has 7 heteroatoms. The van der Waals surface area contributed by atoms with E-state index >= 15 is 0 Å². The van der Waals surface area contributed by atoms with E-state index in [0.717, 1.165) is 39.7 Å². The summed E-state index contributed by atoms with van der Waals surface area (Å²) in [6, 6.07) is 11.7. The molecule has 0 N–H and O–H groups in total. The van der Waals surface area contributed by atoms with Crippen LogP contribution in [0.5, 0.6) is 0 Å². The Morgan fingerprint density at radius 1 is 1.28 bits per heavy atom. The maximum atomic E-state index is 13.0. The van der Waals surface area contributed by atoms with Crippen LogP contribution in [-0.4, -0.2) is 30.1 Å². The number of anilines is 1. The molecule has 1 aliphatic rings. The first-order valence-corrected chi connectivity index (χ1v) is 10.2. The number of amides is 1. The lowest BCUT2D eigenvalue weighted by molar-refractivity contribution is -0.118. The molecule has 1 atom stereocenters. The number of nitrogens with zero attached hydrogens (tertiary/aromatic N) is 2. The predicted molar refractivity (Wildman–Crippen MR) is 104 cm³/mol. The highest BCUT2D eigenvalue weighted by molar-refractivity contribution is 7.22. The zero-order valence-electron chi connectivity index (χ0n) is 13.5. The van der Waals surface area contributed by atoms with E-state index in [1.165, 1.54) is 11.3 Å². The van der Waals surface area contributed by atoms with Gasteiger partial charge in [0.15, 0.2) is 5.13 Å². The number of rotatable bonds is 5. The minimum Gasteiger partial charge on any atom is -0.376 e. The number of aromatic nitrogens is 1. The molecular formula is C18H17ClN2O2S2. The van der Waals surface area contributed by atoms with Crippen molar-refractivity contribution in [2.24, 2.45) is 0 Å².